The summed E-state index contributed by atoms with van der Waals surface area (Å²) in [5.41, 5.74) is 0.492. The van der Waals surface area contributed by atoms with Crippen LogP contribution in [0, 0.1) is 23.2 Å². The first kappa shape index (κ1) is 14.0. The van der Waals surface area contributed by atoms with Crippen molar-refractivity contribution in [2.75, 3.05) is 0 Å². The summed E-state index contributed by atoms with van der Waals surface area (Å²) < 4.78 is 0. The van der Waals surface area contributed by atoms with Crippen LogP contribution in [0.5, 0.6) is 0 Å². The largest absolute Gasteiger partial charge is 0.0654 e. The fourth-order valence-corrected chi connectivity index (χ4v) is 2.41. The van der Waals surface area contributed by atoms with Crippen LogP contribution >= 0.6 is 0 Å². The second-order valence-electron chi connectivity index (χ2n) is 5.76. The summed E-state index contributed by atoms with van der Waals surface area (Å²) in [7, 11) is 0. The molecule has 86 valence electrons. The molecule has 0 saturated carbocycles. The Bertz CT molecular complexity index is 144. The fraction of sp³-hybridized carbons (Fsp3) is 1.00. The average Bonchev–Trinajstić information content (AvgIpc) is 2.12. The molecule has 0 aromatic carbocycles. The van der Waals surface area contributed by atoms with Crippen LogP contribution in [0.25, 0.3) is 0 Å². The van der Waals surface area contributed by atoms with Gasteiger partial charge in [-0.25, -0.2) is 0 Å². The predicted molar refractivity (Wildman–Crippen MR) is 66.5 cm³/mol. The van der Waals surface area contributed by atoms with Crippen molar-refractivity contribution in [3.05, 3.63) is 0 Å². The molecule has 0 fully saturated rings. The second kappa shape index (κ2) is 5.78. The summed E-state index contributed by atoms with van der Waals surface area (Å²) in [6.45, 7) is 16.7. The van der Waals surface area contributed by atoms with E-state index in [0.717, 1.165) is 17.8 Å². The summed E-state index contributed by atoms with van der Waals surface area (Å²) in [6.07, 6.45) is 4.03. The third-order valence-corrected chi connectivity index (χ3v) is 4.37. The monoisotopic (exact) mass is 198 g/mol. The number of rotatable bonds is 6. The van der Waals surface area contributed by atoms with Crippen LogP contribution < -0.4 is 0 Å². The van der Waals surface area contributed by atoms with Gasteiger partial charge in [-0.2, -0.15) is 0 Å². The van der Waals surface area contributed by atoms with Gasteiger partial charge in [0.1, 0.15) is 0 Å². The normalized spacial score (nSPS) is 17.1. The molecular formula is C14H30. The molecule has 2 atom stereocenters. The molecule has 0 heteroatoms. The van der Waals surface area contributed by atoms with E-state index in [-0.39, 0.29) is 0 Å². The molecule has 0 aliphatic rings. The first-order valence-corrected chi connectivity index (χ1v) is 6.37. The minimum Gasteiger partial charge on any atom is -0.0654 e. The summed E-state index contributed by atoms with van der Waals surface area (Å²) in [4.78, 5) is 0. The third-order valence-electron chi connectivity index (χ3n) is 4.37. The first-order chi connectivity index (χ1) is 6.37. The topological polar surface area (TPSA) is 0 Å². The summed E-state index contributed by atoms with van der Waals surface area (Å²) in [5, 5.41) is 0. The maximum absolute atomic E-state index is 2.45. The van der Waals surface area contributed by atoms with Gasteiger partial charge in [0.05, 0.1) is 0 Å². The number of hydrogen-bond acceptors (Lipinski definition) is 0. The Morgan fingerprint density at radius 3 is 1.79 bits per heavy atom. The molecule has 0 aromatic heterocycles. The zero-order chi connectivity index (χ0) is 11.4. The van der Waals surface area contributed by atoms with E-state index in [2.05, 4.69) is 48.5 Å². The highest BCUT2D eigenvalue weighted by Crippen LogP contribution is 2.42. The molecule has 0 rings (SSSR count). The van der Waals surface area contributed by atoms with Crippen LogP contribution in [-0.2, 0) is 0 Å². The predicted octanol–water partition coefficient (Wildman–Crippen LogP) is 5.13. The molecule has 0 amide bonds. The quantitative estimate of drug-likeness (QED) is 0.555. The molecule has 0 bridgehead atoms. The summed E-state index contributed by atoms with van der Waals surface area (Å²) in [5.74, 6) is 2.54. The highest BCUT2D eigenvalue weighted by Gasteiger charge is 2.34. The lowest BCUT2D eigenvalue weighted by molar-refractivity contribution is 0.0803. The Morgan fingerprint density at radius 2 is 1.50 bits per heavy atom. The zero-order valence-corrected chi connectivity index (χ0v) is 11.4. The molecule has 0 heterocycles. The van der Waals surface area contributed by atoms with Gasteiger partial charge in [-0.3, -0.25) is 0 Å². The smallest absolute Gasteiger partial charge is 0.0300 e. The Kier molecular flexibility index (Phi) is 5.78. The van der Waals surface area contributed by atoms with Gasteiger partial charge in [-0.05, 0) is 29.6 Å². The molecule has 0 aliphatic carbocycles. The van der Waals surface area contributed by atoms with Gasteiger partial charge in [0.25, 0.3) is 0 Å². The number of hydrogen-bond donors (Lipinski definition) is 0. The van der Waals surface area contributed by atoms with Crippen molar-refractivity contribution in [1.29, 1.82) is 0 Å². The first-order valence-electron chi connectivity index (χ1n) is 6.37. The Morgan fingerprint density at radius 1 is 1.00 bits per heavy atom. The lowest BCUT2D eigenvalue weighted by atomic mass is 9.64. The average molecular weight is 198 g/mol. The molecule has 0 spiro atoms. The van der Waals surface area contributed by atoms with Crippen LogP contribution in [0.2, 0.25) is 0 Å². The summed E-state index contributed by atoms with van der Waals surface area (Å²) >= 11 is 0. The van der Waals surface area contributed by atoms with Gasteiger partial charge < -0.3 is 0 Å². The van der Waals surface area contributed by atoms with Crippen molar-refractivity contribution in [3.8, 4) is 0 Å². The van der Waals surface area contributed by atoms with Crippen molar-refractivity contribution in [2.24, 2.45) is 23.2 Å². The van der Waals surface area contributed by atoms with E-state index in [0.29, 0.717) is 5.41 Å². The SMILES string of the molecule is CCCC(C(C)CC)C(C)(C)C(C)C. The highest BCUT2D eigenvalue weighted by atomic mass is 14.4. The molecule has 0 radical (unpaired) electrons. The fourth-order valence-electron chi connectivity index (χ4n) is 2.41. The van der Waals surface area contributed by atoms with E-state index in [9.17, 15) is 0 Å². The molecule has 0 aliphatic heterocycles. The van der Waals surface area contributed by atoms with Gasteiger partial charge in [0, 0.05) is 0 Å². The highest BCUT2D eigenvalue weighted by molar-refractivity contribution is 4.83. The standard InChI is InChI=1S/C14H30/c1-8-10-13(12(5)9-2)14(6,7)11(3)4/h11-13H,8-10H2,1-7H3. The third kappa shape index (κ3) is 3.29. The van der Waals surface area contributed by atoms with E-state index < -0.39 is 0 Å². The lowest BCUT2D eigenvalue weighted by Gasteiger charge is -2.41. The summed E-state index contributed by atoms with van der Waals surface area (Å²) in [6, 6.07) is 0. The van der Waals surface area contributed by atoms with Gasteiger partial charge in [-0.15, -0.1) is 0 Å². The van der Waals surface area contributed by atoms with E-state index in [4.69, 9.17) is 0 Å². The van der Waals surface area contributed by atoms with Gasteiger partial charge >= 0.3 is 0 Å². The molecule has 0 N–H and O–H groups in total. The van der Waals surface area contributed by atoms with Gasteiger partial charge in [0.15, 0.2) is 0 Å². The second-order valence-corrected chi connectivity index (χ2v) is 5.76. The van der Waals surface area contributed by atoms with Crippen molar-refractivity contribution >= 4 is 0 Å². The maximum atomic E-state index is 2.45. The molecular weight excluding hydrogens is 168 g/mol. The molecule has 0 nitrogen and oxygen atoms in total. The van der Waals surface area contributed by atoms with Crippen molar-refractivity contribution < 1.29 is 0 Å². The minimum atomic E-state index is 0.492. The van der Waals surface area contributed by atoms with Crippen molar-refractivity contribution in [2.45, 2.75) is 67.7 Å². The van der Waals surface area contributed by atoms with E-state index in [1.54, 1.807) is 0 Å². The van der Waals surface area contributed by atoms with E-state index in [1.807, 2.05) is 0 Å². The van der Waals surface area contributed by atoms with Crippen LogP contribution in [0.1, 0.15) is 67.7 Å². The van der Waals surface area contributed by atoms with Gasteiger partial charge in [-0.1, -0.05) is 61.3 Å². The van der Waals surface area contributed by atoms with Crippen LogP contribution in [0.3, 0.4) is 0 Å². The molecule has 0 saturated heterocycles. The van der Waals surface area contributed by atoms with Crippen molar-refractivity contribution in [1.82, 2.24) is 0 Å². The zero-order valence-electron chi connectivity index (χ0n) is 11.4. The Hall–Kier alpha value is 0. The maximum Gasteiger partial charge on any atom is -0.0300 e. The van der Waals surface area contributed by atoms with Crippen LogP contribution in [0.15, 0.2) is 0 Å². The van der Waals surface area contributed by atoms with Gasteiger partial charge in [0.2, 0.25) is 0 Å². The van der Waals surface area contributed by atoms with Crippen molar-refractivity contribution in [3.63, 3.8) is 0 Å². The van der Waals surface area contributed by atoms with E-state index >= 15 is 0 Å². The molecule has 14 heavy (non-hydrogen) atoms. The molecule has 2 unspecified atom stereocenters. The van der Waals surface area contributed by atoms with E-state index in [1.165, 1.54) is 19.3 Å². The van der Waals surface area contributed by atoms with Crippen LogP contribution in [0.4, 0.5) is 0 Å². The Balaban J connectivity index is 4.62. The Labute approximate surface area is 91.5 Å². The minimum absolute atomic E-state index is 0.492. The molecule has 0 aromatic rings. The van der Waals surface area contributed by atoms with Crippen LogP contribution in [-0.4, -0.2) is 0 Å². The lowest BCUT2D eigenvalue weighted by Crippen LogP contribution is -2.33.